The number of ketones is 1. The van der Waals surface area contributed by atoms with Crippen LogP contribution in [0.5, 0.6) is 0 Å². The highest BCUT2D eigenvalue weighted by Crippen LogP contribution is 2.16. The molecule has 0 saturated carbocycles. The average molecular weight is 263 g/mol. The van der Waals surface area contributed by atoms with Gasteiger partial charge < -0.3 is 5.32 Å². The molecule has 1 unspecified atom stereocenters. The minimum absolute atomic E-state index is 0.0389. The Hall–Kier alpha value is -1.22. The zero-order valence-corrected chi connectivity index (χ0v) is 11.5. The van der Waals surface area contributed by atoms with E-state index in [1.54, 1.807) is 19.1 Å². The second-order valence-electron chi connectivity index (χ2n) is 5.45. The van der Waals surface area contributed by atoms with Crippen LogP contribution in [0.3, 0.4) is 0 Å². The molecule has 1 atom stereocenters. The molecule has 1 fully saturated rings. The Balaban J connectivity index is 1.96. The van der Waals surface area contributed by atoms with E-state index < -0.39 is 0 Å². The molecular formula is C16H22FNO. The van der Waals surface area contributed by atoms with E-state index in [0.29, 0.717) is 17.5 Å². The number of hydrogen-bond acceptors (Lipinski definition) is 2. The van der Waals surface area contributed by atoms with Crippen LogP contribution in [0.2, 0.25) is 0 Å². The number of carbonyl (C=O) groups is 1. The topological polar surface area (TPSA) is 29.1 Å². The Kier molecular flexibility index (Phi) is 5.08. The Labute approximate surface area is 114 Å². The number of Topliss-reactive ketones (excluding diaryl/α,β-unsaturated/α-hetero) is 1. The van der Waals surface area contributed by atoms with E-state index in [1.807, 2.05) is 0 Å². The van der Waals surface area contributed by atoms with E-state index in [2.05, 4.69) is 5.32 Å². The van der Waals surface area contributed by atoms with Crippen molar-refractivity contribution in [3.8, 4) is 0 Å². The summed E-state index contributed by atoms with van der Waals surface area (Å²) in [4.78, 5) is 12.2. The second kappa shape index (κ2) is 6.80. The van der Waals surface area contributed by atoms with Crippen molar-refractivity contribution in [3.63, 3.8) is 0 Å². The van der Waals surface area contributed by atoms with Gasteiger partial charge in [-0.3, -0.25) is 4.79 Å². The predicted molar refractivity (Wildman–Crippen MR) is 75.0 cm³/mol. The molecule has 2 rings (SSSR count). The largest absolute Gasteiger partial charge is 0.314 e. The van der Waals surface area contributed by atoms with Gasteiger partial charge in [0.2, 0.25) is 0 Å². The van der Waals surface area contributed by atoms with Crippen molar-refractivity contribution < 1.29 is 9.18 Å². The first-order valence-electron chi connectivity index (χ1n) is 7.19. The molecule has 0 aliphatic carbocycles. The summed E-state index contributed by atoms with van der Waals surface area (Å²) < 4.78 is 13.5. The van der Waals surface area contributed by atoms with Gasteiger partial charge in [-0.2, -0.15) is 0 Å². The average Bonchev–Trinajstić information content (AvgIpc) is 2.35. The molecule has 3 heteroatoms. The lowest BCUT2D eigenvalue weighted by Gasteiger charge is -2.20. The lowest BCUT2D eigenvalue weighted by molar-refractivity contribution is 0.0965. The molecule has 1 saturated heterocycles. The molecule has 0 radical (unpaired) electrons. The van der Waals surface area contributed by atoms with Crippen LogP contribution in [0.25, 0.3) is 0 Å². The van der Waals surface area contributed by atoms with Gasteiger partial charge in [-0.05, 0) is 37.9 Å². The molecule has 0 bridgehead atoms. The third-order valence-corrected chi connectivity index (χ3v) is 3.84. The van der Waals surface area contributed by atoms with Gasteiger partial charge in [-0.15, -0.1) is 0 Å². The van der Waals surface area contributed by atoms with E-state index in [9.17, 15) is 9.18 Å². The molecule has 1 aromatic carbocycles. The molecule has 19 heavy (non-hydrogen) atoms. The molecule has 0 spiro atoms. The molecule has 1 aliphatic rings. The lowest BCUT2D eigenvalue weighted by atomic mass is 9.97. The second-order valence-corrected chi connectivity index (χ2v) is 5.45. The van der Waals surface area contributed by atoms with E-state index in [4.69, 9.17) is 0 Å². The van der Waals surface area contributed by atoms with Gasteiger partial charge in [0.1, 0.15) is 5.82 Å². The van der Waals surface area contributed by atoms with Crippen molar-refractivity contribution in [1.82, 2.24) is 5.32 Å². The zero-order valence-electron chi connectivity index (χ0n) is 11.5. The van der Waals surface area contributed by atoms with Crippen molar-refractivity contribution in [3.05, 3.63) is 35.1 Å². The third kappa shape index (κ3) is 4.13. The van der Waals surface area contributed by atoms with Crippen molar-refractivity contribution >= 4 is 5.78 Å². The number of hydrogen-bond donors (Lipinski definition) is 1. The highest BCUT2D eigenvalue weighted by atomic mass is 19.1. The minimum atomic E-state index is -0.295. The summed E-state index contributed by atoms with van der Waals surface area (Å²) in [6.45, 7) is 2.69. The fourth-order valence-corrected chi connectivity index (χ4v) is 2.56. The monoisotopic (exact) mass is 263 g/mol. The summed E-state index contributed by atoms with van der Waals surface area (Å²) in [5.41, 5.74) is 1.08. The van der Waals surface area contributed by atoms with Gasteiger partial charge in [0, 0.05) is 18.0 Å². The quantitative estimate of drug-likeness (QED) is 0.844. The Bertz CT molecular complexity index is 436. The molecule has 1 heterocycles. The fraction of sp³-hybridized carbons (Fsp3) is 0.562. The van der Waals surface area contributed by atoms with Crippen LogP contribution in [0.4, 0.5) is 4.39 Å². The van der Waals surface area contributed by atoms with Gasteiger partial charge in [0.05, 0.1) is 0 Å². The van der Waals surface area contributed by atoms with E-state index in [1.165, 1.54) is 31.7 Å². The molecule has 0 aromatic heterocycles. The minimum Gasteiger partial charge on any atom is -0.314 e. The van der Waals surface area contributed by atoms with Crippen LogP contribution in [0, 0.1) is 12.7 Å². The third-order valence-electron chi connectivity index (χ3n) is 3.84. The van der Waals surface area contributed by atoms with Crippen molar-refractivity contribution in [2.24, 2.45) is 0 Å². The number of carbonyl (C=O) groups excluding carboxylic acids is 1. The van der Waals surface area contributed by atoms with Crippen molar-refractivity contribution in [2.45, 2.75) is 51.5 Å². The highest BCUT2D eigenvalue weighted by Gasteiger charge is 2.16. The van der Waals surface area contributed by atoms with E-state index in [-0.39, 0.29) is 17.6 Å². The molecule has 0 amide bonds. The van der Waals surface area contributed by atoms with Crippen LogP contribution < -0.4 is 5.32 Å². The number of aryl methyl sites for hydroxylation is 1. The summed E-state index contributed by atoms with van der Waals surface area (Å²) in [6, 6.07) is 5.01. The summed E-state index contributed by atoms with van der Waals surface area (Å²) in [6.07, 6.45) is 6.40. The maximum Gasteiger partial charge on any atom is 0.164 e. The first-order valence-corrected chi connectivity index (χ1v) is 7.19. The Morgan fingerprint density at radius 1 is 1.32 bits per heavy atom. The smallest absolute Gasteiger partial charge is 0.164 e. The normalized spacial score (nSPS) is 20.6. The fourth-order valence-electron chi connectivity index (χ4n) is 2.56. The molecular weight excluding hydrogens is 241 g/mol. The SMILES string of the molecule is Cc1ccc(C(=O)CC2CCCCCCN2)cc1F. The van der Waals surface area contributed by atoms with E-state index >= 15 is 0 Å². The van der Waals surface area contributed by atoms with Crippen molar-refractivity contribution in [2.75, 3.05) is 6.54 Å². The zero-order chi connectivity index (χ0) is 13.7. The summed E-state index contributed by atoms with van der Waals surface area (Å²) in [5, 5.41) is 3.43. The van der Waals surface area contributed by atoms with Gasteiger partial charge in [0.15, 0.2) is 5.78 Å². The first kappa shape index (κ1) is 14.2. The van der Waals surface area contributed by atoms with Gasteiger partial charge in [0.25, 0.3) is 0 Å². The Morgan fingerprint density at radius 3 is 2.89 bits per heavy atom. The maximum atomic E-state index is 13.5. The van der Waals surface area contributed by atoms with Gasteiger partial charge in [-0.25, -0.2) is 4.39 Å². The molecule has 1 N–H and O–H groups in total. The summed E-state index contributed by atoms with van der Waals surface area (Å²) in [5.74, 6) is -0.256. The first-order chi connectivity index (χ1) is 9.16. The number of rotatable bonds is 3. The number of halogens is 1. The molecule has 1 aromatic rings. The number of nitrogens with one attached hydrogen (secondary N) is 1. The predicted octanol–water partition coefficient (Wildman–Crippen LogP) is 3.63. The summed E-state index contributed by atoms with van der Waals surface area (Å²) in [7, 11) is 0. The van der Waals surface area contributed by atoms with Crippen LogP contribution in [0.1, 0.15) is 54.4 Å². The van der Waals surface area contributed by atoms with Crippen LogP contribution >= 0.6 is 0 Å². The van der Waals surface area contributed by atoms with Crippen molar-refractivity contribution in [1.29, 1.82) is 0 Å². The molecule has 2 nitrogen and oxygen atoms in total. The van der Waals surface area contributed by atoms with Gasteiger partial charge >= 0.3 is 0 Å². The number of benzene rings is 1. The maximum absolute atomic E-state index is 13.5. The van der Waals surface area contributed by atoms with Crippen LogP contribution in [0.15, 0.2) is 18.2 Å². The van der Waals surface area contributed by atoms with E-state index in [0.717, 1.165) is 13.0 Å². The highest BCUT2D eigenvalue weighted by molar-refractivity contribution is 5.96. The van der Waals surface area contributed by atoms with Crippen LogP contribution in [-0.4, -0.2) is 18.4 Å². The van der Waals surface area contributed by atoms with Gasteiger partial charge in [-0.1, -0.05) is 31.4 Å². The van der Waals surface area contributed by atoms with Crippen LogP contribution in [-0.2, 0) is 0 Å². The Morgan fingerprint density at radius 2 is 2.11 bits per heavy atom. The standard InChI is InChI=1S/C16H22FNO/c1-12-7-8-13(10-15(12)17)16(19)11-14-6-4-2-3-5-9-18-14/h7-8,10,14,18H,2-6,9,11H2,1H3. The molecule has 104 valence electrons. The lowest BCUT2D eigenvalue weighted by Crippen LogP contribution is -2.33. The molecule has 1 aliphatic heterocycles. The summed E-state index contributed by atoms with van der Waals surface area (Å²) >= 11 is 0.